The van der Waals surface area contributed by atoms with Crippen molar-refractivity contribution in [2.24, 2.45) is 5.10 Å². The van der Waals surface area contributed by atoms with Crippen molar-refractivity contribution >= 4 is 17.5 Å². The van der Waals surface area contributed by atoms with Crippen molar-refractivity contribution in [2.75, 3.05) is 20.7 Å². The van der Waals surface area contributed by atoms with E-state index in [1.54, 1.807) is 14.0 Å². The molecule has 0 aromatic heterocycles. The average molecular weight is 227 g/mol. The molecule has 0 radical (unpaired) electrons. The van der Waals surface area contributed by atoms with Crippen LogP contribution in [0.5, 0.6) is 0 Å². The summed E-state index contributed by atoms with van der Waals surface area (Å²) in [5.74, 6) is -0.324. The van der Waals surface area contributed by atoms with Gasteiger partial charge in [-0.15, -0.1) is 0 Å². The van der Waals surface area contributed by atoms with Gasteiger partial charge < -0.3 is 10.0 Å². The van der Waals surface area contributed by atoms with Crippen LogP contribution in [0.2, 0.25) is 0 Å². The van der Waals surface area contributed by atoms with Gasteiger partial charge in [0.05, 0.1) is 12.6 Å². The second kappa shape index (κ2) is 5.07. The van der Waals surface area contributed by atoms with Gasteiger partial charge in [-0.05, 0) is 6.92 Å². The van der Waals surface area contributed by atoms with Crippen molar-refractivity contribution < 1.29 is 14.7 Å². The number of hydrazone groups is 1. The molecule has 2 amide bonds. The highest BCUT2D eigenvalue weighted by molar-refractivity contribution is 6.39. The molecular formula is C10H17N3O3. The van der Waals surface area contributed by atoms with Gasteiger partial charge in [0.1, 0.15) is 5.71 Å². The Morgan fingerprint density at radius 2 is 2.25 bits per heavy atom. The molecule has 1 N–H and O–H groups in total. The summed E-state index contributed by atoms with van der Waals surface area (Å²) in [7, 11) is 3.15. The Balaban J connectivity index is 2.75. The molecule has 1 heterocycles. The highest BCUT2D eigenvalue weighted by Crippen LogP contribution is 2.09. The van der Waals surface area contributed by atoms with Crippen LogP contribution >= 0.6 is 0 Å². The first kappa shape index (κ1) is 12.6. The summed E-state index contributed by atoms with van der Waals surface area (Å²) in [4.78, 5) is 24.5. The minimum absolute atomic E-state index is 0.0885. The summed E-state index contributed by atoms with van der Waals surface area (Å²) < 4.78 is 0. The maximum Gasteiger partial charge on any atom is 0.270 e. The van der Waals surface area contributed by atoms with Crippen molar-refractivity contribution in [2.45, 2.75) is 25.8 Å². The summed E-state index contributed by atoms with van der Waals surface area (Å²) in [6, 6.07) is -0.252. The molecule has 1 aliphatic rings. The molecule has 90 valence electrons. The third-order valence-electron chi connectivity index (χ3n) is 2.70. The molecule has 0 saturated heterocycles. The van der Waals surface area contributed by atoms with Crippen LogP contribution in [0.15, 0.2) is 5.10 Å². The van der Waals surface area contributed by atoms with E-state index in [1.807, 2.05) is 0 Å². The molecule has 1 aliphatic heterocycles. The molecule has 16 heavy (non-hydrogen) atoms. The molecule has 0 aliphatic carbocycles. The highest BCUT2D eigenvalue weighted by Gasteiger charge is 2.25. The summed E-state index contributed by atoms with van der Waals surface area (Å²) >= 11 is 0. The number of hydrogen-bond donors (Lipinski definition) is 1. The molecule has 0 aromatic carbocycles. The quantitative estimate of drug-likeness (QED) is 0.702. The van der Waals surface area contributed by atoms with Crippen LogP contribution in [0.4, 0.5) is 0 Å². The fraction of sp³-hybridized carbons (Fsp3) is 0.700. The third-order valence-corrected chi connectivity index (χ3v) is 2.70. The number of nitrogens with zero attached hydrogens (tertiary/aromatic N) is 3. The van der Waals surface area contributed by atoms with Crippen LogP contribution in [0.3, 0.4) is 0 Å². The Bertz CT molecular complexity index is 327. The first-order chi connectivity index (χ1) is 7.47. The predicted octanol–water partition coefficient (Wildman–Crippen LogP) is -0.566. The molecule has 1 rings (SSSR count). The minimum Gasteiger partial charge on any atom is -0.394 e. The topological polar surface area (TPSA) is 73.2 Å². The van der Waals surface area contributed by atoms with Crippen LogP contribution in [-0.4, -0.2) is 59.3 Å². The van der Waals surface area contributed by atoms with Gasteiger partial charge in [-0.2, -0.15) is 5.10 Å². The molecule has 1 unspecified atom stereocenters. The van der Waals surface area contributed by atoms with Gasteiger partial charge in [-0.3, -0.25) is 9.59 Å². The van der Waals surface area contributed by atoms with Crippen molar-refractivity contribution in [1.29, 1.82) is 0 Å². The highest BCUT2D eigenvalue weighted by atomic mass is 16.3. The van der Waals surface area contributed by atoms with Crippen LogP contribution in [0, 0.1) is 0 Å². The molecule has 0 fully saturated rings. The van der Waals surface area contributed by atoms with Crippen molar-refractivity contribution in [3.8, 4) is 0 Å². The second-order valence-electron chi connectivity index (χ2n) is 3.91. The Labute approximate surface area is 94.5 Å². The van der Waals surface area contributed by atoms with E-state index in [1.165, 1.54) is 17.0 Å². The van der Waals surface area contributed by atoms with Crippen LogP contribution in [-0.2, 0) is 9.59 Å². The molecule has 0 bridgehead atoms. The summed E-state index contributed by atoms with van der Waals surface area (Å²) in [6.45, 7) is 1.65. The van der Waals surface area contributed by atoms with Gasteiger partial charge in [0.25, 0.3) is 5.91 Å². The maximum atomic E-state index is 11.9. The number of carbonyl (C=O) groups is 2. The van der Waals surface area contributed by atoms with E-state index in [0.717, 1.165) is 0 Å². The fourth-order valence-electron chi connectivity index (χ4n) is 1.35. The van der Waals surface area contributed by atoms with Crippen molar-refractivity contribution in [3.63, 3.8) is 0 Å². The molecule has 6 heteroatoms. The largest absolute Gasteiger partial charge is 0.394 e. The lowest BCUT2D eigenvalue weighted by molar-refractivity contribution is -0.130. The monoisotopic (exact) mass is 227 g/mol. The van der Waals surface area contributed by atoms with Gasteiger partial charge in [0.15, 0.2) is 0 Å². The third kappa shape index (κ3) is 2.57. The van der Waals surface area contributed by atoms with Gasteiger partial charge in [-0.25, -0.2) is 5.01 Å². The summed E-state index contributed by atoms with van der Waals surface area (Å²) in [5.41, 5.74) is 0.366. The SMILES string of the molecule is CC(CO)N(C)C(=O)C1=NN(C)C(=O)CC1. The van der Waals surface area contributed by atoms with Crippen molar-refractivity contribution in [3.05, 3.63) is 0 Å². The second-order valence-corrected chi connectivity index (χ2v) is 3.91. The zero-order chi connectivity index (χ0) is 12.3. The van der Waals surface area contributed by atoms with Gasteiger partial charge in [-0.1, -0.05) is 0 Å². The summed E-state index contributed by atoms with van der Waals surface area (Å²) in [6.07, 6.45) is 0.674. The number of aliphatic hydroxyl groups excluding tert-OH is 1. The first-order valence-electron chi connectivity index (χ1n) is 5.19. The predicted molar refractivity (Wildman–Crippen MR) is 58.8 cm³/mol. The number of carbonyl (C=O) groups excluding carboxylic acids is 2. The Hall–Kier alpha value is -1.43. The zero-order valence-electron chi connectivity index (χ0n) is 9.80. The number of aliphatic hydroxyl groups is 1. The van der Waals surface area contributed by atoms with E-state index in [9.17, 15) is 9.59 Å². The van der Waals surface area contributed by atoms with E-state index in [0.29, 0.717) is 18.6 Å². The normalized spacial score (nSPS) is 18.1. The summed E-state index contributed by atoms with van der Waals surface area (Å²) in [5, 5.41) is 14.1. The lowest BCUT2D eigenvalue weighted by Crippen LogP contribution is -2.43. The van der Waals surface area contributed by atoms with E-state index in [4.69, 9.17) is 5.11 Å². The molecular weight excluding hydrogens is 210 g/mol. The number of hydrogen-bond acceptors (Lipinski definition) is 4. The van der Waals surface area contributed by atoms with E-state index in [2.05, 4.69) is 5.10 Å². The molecule has 1 atom stereocenters. The standard InChI is InChI=1S/C10H17N3O3/c1-7(6-14)12(2)10(16)8-4-5-9(15)13(3)11-8/h7,14H,4-6H2,1-3H3. The lowest BCUT2D eigenvalue weighted by atomic mass is 10.1. The fourth-order valence-corrected chi connectivity index (χ4v) is 1.35. The number of amides is 2. The van der Waals surface area contributed by atoms with E-state index >= 15 is 0 Å². The minimum atomic E-state index is -0.252. The zero-order valence-corrected chi connectivity index (χ0v) is 9.80. The average Bonchev–Trinajstić information content (AvgIpc) is 2.29. The van der Waals surface area contributed by atoms with Gasteiger partial charge in [0, 0.05) is 26.9 Å². The molecule has 0 saturated carbocycles. The lowest BCUT2D eigenvalue weighted by Gasteiger charge is -2.26. The smallest absolute Gasteiger partial charge is 0.270 e. The Kier molecular flexibility index (Phi) is 4.00. The first-order valence-corrected chi connectivity index (χ1v) is 5.19. The van der Waals surface area contributed by atoms with Crippen LogP contribution in [0.1, 0.15) is 19.8 Å². The Morgan fingerprint density at radius 1 is 1.62 bits per heavy atom. The van der Waals surface area contributed by atoms with E-state index in [-0.39, 0.29) is 24.5 Å². The molecule has 6 nitrogen and oxygen atoms in total. The van der Waals surface area contributed by atoms with Crippen molar-refractivity contribution in [1.82, 2.24) is 9.91 Å². The number of rotatable bonds is 3. The molecule has 0 aromatic rings. The van der Waals surface area contributed by atoms with Gasteiger partial charge >= 0.3 is 0 Å². The van der Waals surface area contributed by atoms with Gasteiger partial charge in [0.2, 0.25) is 5.91 Å². The number of likely N-dealkylation sites (N-methyl/N-ethyl adjacent to an activating group) is 1. The van der Waals surface area contributed by atoms with Crippen LogP contribution in [0.25, 0.3) is 0 Å². The molecule has 0 spiro atoms. The maximum absolute atomic E-state index is 11.9. The van der Waals surface area contributed by atoms with Crippen LogP contribution < -0.4 is 0 Å². The Morgan fingerprint density at radius 3 is 2.75 bits per heavy atom. The van der Waals surface area contributed by atoms with E-state index < -0.39 is 0 Å².